The summed E-state index contributed by atoms with van der Waals surface area (Å²) in [5, 5.41) is 3.53. The van der Waals surface area contributed by atoms with Gasteiger partial charge in [-0.25, -0.2) is 0 Å². The first kappa shape index (κ1) is 15.6. The van der Waals surface area contributed by atoms with E-state index in [-0.39, 0.29) is 6.10 Å². The SMILES string of the molecule is Cc1ccc(C)c(OC(C)CNC(C)c2ccccc2)c1. The maximum absolute atomic E-state index is 6.05. The fourth-order valence-electron chi connectivity index (χ4n) is 2.29. The minimum absolute atomic E-state index is 0.136. The van der Waals surface area contributed by atoms with E-state index in [1.165, 1.54) is 16.7 Å². The minimum atomic E-state index is 0.136. The molecule has 0 aliphatic rings. The zero-order chi connectivity index (χ0) is 15.2. The summed E-state index contributed by atoms with van der Waals surface area (Å²) < 4.78 is 6.05. The molecule has 2 aromatic rings. The second-order valence-electron chi connectivity index (χ2n) is 5.74. The Morgan fingerprint density at radius 1 is 1.00 bits per heavy atom. The quantitative estimate of drug-likeness (QED) is 0.847. The highest BCUT2D eigenvalue weighted by atomic mass is 16.5. The van der Waals surface area contributed by atoms with Gasteiger partial charge in [-0.3, -0.25) is 0 Å². The van der Waals surface area contributed by atoms with E-state index in [1.807, 2.05) is 6.07 Å². The molecule has 0 fully saturated rings. The first-order valence-electron chi connectivity index (χ1n) is 7.58. The lowest BCUT2D eigenvalue weighted by atomic mass is 10.1. The van der Waals surface area contributed by atoms with Gasteiger partial charge < -0.3 is 10.1 Å². The number of benzene rings is 2. The third-order valence-corrected chi connectivity index (χ3v) is 3.68. The summed E-state index contributed by atoms with van der Waals surface area (Å²) >= 11 is 0. The van der Waals surface area contributed by atoms with Crippen LogP contribution in [0.3, 0.4) is 0 Å². The van der Waals surface area contributed by atoms with Crippen molar-refractivity contribution in [2.24, 2.45) is 0 Å². The van der Waals surface area contributed by atoms with Crippen LogP contribution in [0.15, 0.2) is 48.5 Å². The van der Waals surface area contributed by atoms with E-state index in [0.717, 1.165) is 12.3 Å². The number of hydrogen-bond acceptors (Lipinski definition) is 2. The Morgan fingerprint density at radius 3 is 2.43 bits per heavy atom. The minimum Gasteiger partial charge on any atom is -0.489 e. The van der Waals surface area contributed by atoms with Gasteiger partial charge in [0.25, 0.3) is 0 Å². The van der Waals surface area contributed by atoms with Gasteiger partial charge in [0, 0.05) is 12.6 Å². The molecule has 0 spiro atoms. The van der Waals surface area contributed by atoms with Crippen molar-refractivity contribution in [2.75, 3.05) is 6.54 Å². The third kappa shape index (κ3) is 4.61. The van der Waals surface area contributed by atoms with Crippen LogP contribution in [-0.4, -0.2) is 12.6 Å². The molecule has 0 saturated heterocycles. The summed E-state index contributed by atoms with van der Waals surface area (Å²) in [5.74, 6) is 0.983. The van der Waals surface area contributed by atoms with E-state index >= 15 is 0 Å². The second kappa shape index (κ2) is 7.28. The number of aryl methyl sites for hydroxylation is 2. The van der Waals surface area contributed by atoms with Crippen molar-refractivity contribution in [3.8, 4) is 5.75 Å². The molecule has 2 nitrogen and oxygen atoms in total. The highest BCUT2D eigenvalue weighted by Crippen LogP contribution is 2.20. The van der Waals surface area contributed by atoms with Crippen molar-refractivity contribution < 1.29 is 4.74 Å². The molecule has 0 aromatic heterocycles. The number of nitrogens with one attached hydrogen (secondary N) is 1. The van der Waals surface area contributed by atoms with Crippen LogP contribution in [0.4, 0.5) is 0 Å². The first-order valence-corrected chi connectivity index (χ1v) is 7.58. The molecule has 2 rings (SSSR count). The van der Waals surface area contributed by atoms with Gasteiger partial charge in [-0.15, -0.1) is 0 Å². The molecule has 0 amide bonds. The summed E-state index contributed by atoms with van der Waals surface area (Å²) in [6, 6.07) is 17.1. The Bertz CT molecular complexity index is 565. The number of rotatable bonds is 6. The van der Waals surface area contributed by atoms with E-state index in [0.29, 0.717) is 6.04 Å². The van der Waals surface area contributed by atoms with Crippen LogP contribution in [0.1, 0.15) is 36.6 Å². The van der Waals surface area contributed by atoms with Crippen molar-refractivity contribution in [2.45, 2.75) is 39.8 Å². The van der Waals surface area contributed by atoms with Crippen LogP contribution in [-0.2, 0) is 0 Å². The number of ether oxygens (including phenoxy) is 1. The molecule has 0 bridgehead atoms. The normalized spacial score (nSPS) is 13.7. The summed E-state index contributed by atoms with van der Waals surface area (Å²) in [5.41, 5.74) is 3.72. The smallest absolute Gasteiger partial charge is 0.122 e. The van der Waals surface area contributed by atoms with Crippen LogP contribution in [0.5, 0.6) is 5.75 Å². The van der Waals surface area contributed by atoms with Gasteiger partial charge >= 0.3 is 0 Å². The van der Waals surface area contributed by atoms with Gasteiger partial charge in [0.2, 0.25) is 0 Å². The molecule has 0 aliphatic heterocycles. The topological polar surface area (TPSA) is 21.3 Å². The van der Waals surface area contributed by atoms with Crippen molar-refractivity contribution >= 4 is 0 Å². The lowest BCUT2D eigenvalue weighted by Gasteiger charge is -2.20. The molecule has 2 aromatic carbocycles. The Morgan fingerprint density at radius 2 is 1.71 bits per heavy atom. The molecule has 2 heteroatoms. The summed E-state index contributed by atoms with van der Waals surface area (Å²) in [4.78, 5) is 0. The zero-order valence-electron chi connectivity index (χ0n) is 13.4. The predicted molar refractivity (Wildman–Crippen MR) is 88.9 cm³/mol. The van der Waals surface area contributed by atoms with Crippen molar-refractivity contribution in [3.05, 3.63) is 65.2 Å². The van der Waals surface area contributed by atoms with Crippen LogP contribution >= 0.6 is 0 Å². The van der Waals surface area contributed by atoms with Gasteiger partial charge in [0.1, 0.15) is 11.9 Å². The van der Waals surface area contributed by atoms with E-state index in [2.05, 4.69) is 75.5 Å². The second-order valence-corrected chi connectivity index (χ2v) is 5.74. The van der Waals surface area contributed by atoms with Gasteiger partial charge in [-0.05, 0) is 50.5 Å². The molecule has 2 unspecified atom stereocenters. The molecular formula is C19H25NO. The average molecular weight is 283 g/mol. The van der Waals surface area contributed by atoms with Crippen molar-refractivity contribution in [3.63, 3.8) is 0 Å². The van der Waals surface area contributed by atoms with E-state index in [9.17, 15) is 0 Å². The van der Waals surface area contributed by atoms with E-state index in [4.69, 9.17) is 4.74 Å². The molecular weight excluding hydrogens is 258 g/mol. The zero-order valence-corrected chi connectivity index (χ0v) is 13.4. The van der Waals surface area contributed by atoms with E-state index in [1.54, 1.807) is 0 Å². The number of hydrogen-bond donors (Lipinski definition) is 1. The fraction of sp³-hybridized carbons (Fsp3) is 0.368. The summed E-state index contributed by atoms with van der Waals surface area (Å²) in [7, 11) is 0. The molecule has 112 valence electrons. The van der Waals surface area contributed by atoms with Crippen molar-refractivity contribution in [1.29, 1.82) is 0 Å². The molecule has 0 saturated carbocycles. The summed E-state index contributed by atoms with van der Waals surface area (Å²) in [6.45, 7) is 9.28. The van der Waals surface area contributed by atoms with Crippen LogP contribution in [0.25, 0.3) is 0 Å². The predicted octanol–water partition coefficient (Wildman–Crippen LogP) is 4.42. The Labute approximate surface area is 128 Å². The summed E-state index contributed by atoms with van der Waals surface area (Å²) in [6.07, 6.45) is 0.136. The maximum atomic E-state index is 6.05. The van der Waals surface area contributed by atoms with Crippen LogP contribution < -0.4 is 10.1 Å². The van der Waals surface area contributed by atoms with Gasteiger partial charge in [-0.1, -0.05) is 42.5 Å². The fourth-order valence-corrected chi connectivity index (χ4v) is 2.29. The molecule has 2 atom stereocenters. The maximum Gasteiger partial charge on any atom is 0.122 e. The largest absolute Gasteiger partial charge is 0.489 e. The molecule has 1 N–H and O–H groups in total. The third-order valence-electron chi connectivity index (χ3n) is 3.68. The highest BCUT2D eigenvalue weighted by Gasteiger charge is 2.09. The van der Waals surface area contributed by atoms with E-state index < -0.39 is 0 Å². The Balaban J connectivity index is 1.87. The molecule has 0 radical (unpaired) electrons. The Kier molecular flexibility index (Phi) is 5.40. The van der Waals surface area contributed by atoms with Crippen LogP contribution in [0, 0.1) is 13.8 Å². The Hall–Kier alpha value is -1.80. The standard InChI is InChI=1S/C19H25NO/c1-14-10-11-15(2)19(12-14)21-16(3)13-20-17(4)18-8-6-5-7-9-18/h5-12,16-17,20H,13H2,1-4H3. The lowest BCUT2D eigenvalue weighted by molar-refractivity contribution is 0.211. The average Bonchev–Trinajstić information content (AvgIpc) is 2.49. The van der Waals surface area contributed by atoms with Gasteiger partial charge in [-0.2, -0.15) is 0 Å². The molecule has 21 heavy (non-hydrogen) atoms. The highest BCUT2D eigenvalue weighted by molar-refractivity contribution is 5.36. The van der Waals surface area contributed by atoms with Gasteiger partial charge in [0.15, 0.2) is 0 Å². The van der Waals surface area contributed by atoms with Crippen molar-refractivity contribution in [1.82, 2.24) is 5.32 Å². The lowest BCUT2D eigenvalue weighted by Crippen LogP contribution is -2.31. The van der Waals surface area contributed by atoms with Gasteiger partial charge in [0.05, 0.1) is 0 Å². The van der Waals surface area contributed by atoms with Crippen LogP contribution in [0.2, 0.25) is 0 Å². The first-order chi connectivity index (χ1) is 10.1. The molecule has 0 aliphatic carbocycles. The monoisotopic (exact) mass is 283 g/mol. The molecule has 0 heterocycles.